The van der Waals surface area contributed by atoms with Gasteiger partial charge in [0.05, 0.1) is 0 Å². The third-order valence-corrected chi connectivity index (χ3v) is 2.20. The molecular formula is C12H16. The predicted octanol–water partition coefficient (Wildman–Crippen LogP) is 3.42. The van der Waals surface area contributed by atoms with Gasteiger partial charge in [-0.15, -0.1) is 0 Å². The summed E-state index contributed by atoms with van der Waals surface area (Å²) in [5.41, 5.74) is 4.26. The van der Waals surface area contributed by atoms with Crippen molar-refractivity contribution in [1.29, 1.82) is 0 Å². The largest absolute Gasteiger partial charge is 0.0913 e. The summed E-state index contributed by atoms with van der Waals surface area (Å²) >= 11 is 0. The topological polar surface area (TPSA) is 0 Å². The van der Waals surface area contributed by atoms with Gasteiger partial charge in [0, 0.05) is 0 Å². The Bertz CT molecular complexity index is 262. The lowest BCUT2D eigenvalue weighted by atomic mass is 10.0. The second-order valence-electron chi connectivity index (χ2n) is 3.14. The van der Waals surface area contributed by atoms with Gasteiger partial charge in [-0.05, 0) is 43.9 Å². The molecule has 0 saturated heterocycles. The van der Waals surface area contributed by atoms with Crippen LogP contribution in [0.5, 0.6) is 0 Å². The normalized spacial score (nSPS) is 10.9. The molecule has 1 aromatic rings. The van der Waals surface area contributed by atoms with Crippen LogP contribution in [-0.2, 0) is 6.42 Å². The van der Waals surface area contributed by atoms with Crippen LogP contribution in [0, 0.1) is 13.8 Å². The van der Waals surface area contributed by atoms with E-state index in [4.69, 9.17) is 0 Å². The van der Waals surface area contributed by atoms with Crippen LogP contribution in [0.1, 0.15) is 23.6 Å². The lowest BCUT2D eigenvalue weighted by Gasteiger charge is -2.05. The van der Waals surface area contributed by atoms with Gasteiger partial charge < -0.3 is 0 Å². The van der Waals surface area contributed by atoms with Crippen LogP contribution in [0.25, 0.3) is 0 Å². The van der Waals surface area contributed by atoms with E-state index < -0.39 is 0 Å². The molecule has 0 amide bonds. The van der Waals surface area contributed by atoms with Crippen molar-refractivity contribution >= 4 is 0 Å². The molecule has 0 nitrogen and oxygen atoms in total. The Hall–Kier alpha value is -1.04. The third kappa shape index (κ3) is 1.97. The van der Waals surface area contributed by atoms with Crippen molar-refractivity contribution < 1.29 is 0 Å². The minimum atomic E-state index is 1.06. The molecule has 1 aromatic carbocycles. The number of hydrogen-bond acceptors (Lipinski definition) is 0. The van der Waals surface area contributed by atoms with Crippen LogP contribution in [0.2, 0.25) is 0 Å². The molecule has 0 bridgehead atoms. The molecule has 0 unspecified atom stereocenters. The van der Waals surface area contributed by atoms with Crippen molar-refractivity contribution in [2.75, 3.05) is 0 Å². The van der Waals surface area contributed by atoms with Crippen molar-refractivity contribution in [2.45, 2.75) is 27.2 Å². The van der Waals surface area contributed by atoms with Gasteiger partial charge in [0.25, 0.3) is 0 Å². The van der Waals surface area contributed by atoms with Crippen molar-refractivity contribution in [1.82, 2.24) is 0 Å². The molecule has 0 heterocycles. The quantitative estimate of drug-likeness (QED) is 0.581. The maximum atomic E-state index is 2.20. The average Bonchev–Trinajstić information content (AvgIpc) is 2.04. The molecule has 0 N–H and O–H groups in total. The SMILES string of the molecule is C/C=C/Cc1c(C)cccc1C. The Morgan fingerprint density at radius 3 is 2.25 bits per heavy atom. The summed E-state index contributed by atoms with van der Waals surface area (Å²) in [7, 11) is 0. The fourth-order valence-corrected chi connectivity index (χ4v) is 1.41. The van der Waals surface area contributed by atoms with E-state index in [1.807, 2.05) is 0 Å². The molecule has 0 heteroatoms. The molecule has 1 rings (SSSR count). The first kappa shape index (κ1) is 9.05. The van der Waals surface area contributed by atoms with E-state index >= 15 is 0 Å². The van der Waals surface area contributed by atoms with Gasteiger partial charge >= 0.3 is 0 Å². The van der Waals surface area contributed by atoms with E-state index in [0.717, 1.165) is 6.42 Å². The molecule has 0 fully saturated rings. The molecule has 0 aliphatic carbocycles. The van der Waals surface area contributed by atoms with Crippen LogP contribution in [0.15, 0.2) is 30.4 Å². The lowest BCUT2D eigenvalue weighted by Crippen LogP contribution is -1.90. The van der Waals surface area contributed by atoms with Crippen molar-refractivity contribution in [3.8, 4) is 0 Å². The Morgan fingerprint density at radius 2 is 1.75 bits per heavy atom. The number of allylic oxidation sites excluding steroid dienone is 2. The summed E-state index contributed by atoms with van der Waals surface area (Å²) < 4.78 is 0. The van der Waals surface area contributed by atoms with Gasteiger partial charge in [-0.2, -0.15) is 0 Å². The Morgan fingerprint density at radius 1 is 1.17 bits per heavy atom. The van der Waals surface area contributed by atoms with Gasteiger partial charge in [-0.25, -0.2) is 0 Å². The minimum absolute atomic E-state index is 1.06. The summed E-state index contributed by atoms with van der Waals surface area (Å²) in [6.07, 6.45) is 5.37. The first-order chi connectivity index (χ1) is 5.75. The first-order valence-corrected chi connectivity index (χ1v) is 4.42. The van der Waals surface area contributed by atoms with E-state index in [9.17, 15) is 0 Å². The molecule has 0 spiro atoms. The van der Waals surface area contributed by atoms with Crippen LogP contribution in [0.3, 0.4) is 0 Å². The monoisotopic (exact) mass is 160 g/mol. The highest BCUT2D eigenvalue weighted by molar-refractivity contribution is 5.34. The summed E-state index contributed by atoms with van der Waals surface area (Å²) in [6, 6.07) is 6.46. The number of hydrogen-bond donors (Lipinski definition) is 0. The van der Waals surface area contributed by atoms with E-state index in [2.05, 4.69) is 51.1 Å². The van der Waals surface area contributed by atoms with Crippen molar-refractivity contribution in [3.05, 3.63) is 47.0 Å². The van der Waals surface area contributed by atoms with Crippen molar-refractivity contribution in [3.63, 3.8) is 0 Å². The molecule has 64 valence electrons. The van der Waals surface area contributed by atoms with E-state index in [1.54, 1.807) is 0 Å². The maximum Gasteiger partial charge on any atom is -0.00923 e. The third-order valence-electron chi connectivity index (χ3n) is 2.20. The summed E-state index contributed by atoms with van der Waals surface area (Å²) in [5, 5.41) is 0. The van der Waals surface area contributed by atoms with Gasteiger partial charge in [0.1, 0.15) is 0 Å². The number of benzene rings is 1. The molecule has 12 heavy (non-hydrogen) atoms. The van der Waals surface area contributed by atoms with Crippen LogP contribution >= 0.6 is 0 Å². The summed E-state index contributed by atoms with van der Waals surface area (Å²) in [4.78, 5) is 0. The van der Waals surface area contributed by atoms with Crippen molar-refractivity contribution in [2.24, 2.45) is 0 Å². The highest BCUT2D eigenvalue weighted by Gasteiger charge is 1.97. The second-order valence-corrected chi connectivity index (χ2v) is 3.14. The van der Waals surface area contributed by atoms with Crippen LogP contribution < -0.4 is 0 Å². The van der Waals surface area contributed by atoms with Gasteiger partial charge in [-0.1, -0.05) is 30.4 Å². The highest BCUT2D eigenvalue weighted by atomic mass is 14.0. The van der Waals surface area contributed by atoms with Crippen LogP contribution in [0.4, 0.5) is 0 Å². The van der Waals surface area contributed by atoms with E-state index in [-0.39, 0.29) is 0 Å². The second kappa shape index (κ2) is 4.10. The molecular weight excluding hydrogens is 144 g/mol. The highest BCUT2D eigenvalue weighted by Crippen LogP contribution is 2.13. The summed E-state index contributed by atoms with van der Waals surface area (Å²) in [5.74, 6) is 0. The average molecular weight is 160 g/mol. The number of rotatable bonds is 2. The van der Waals surface area contributed by atoms with E-state index in [1.165, 1.54) is 16.7 Å². The zero-order chi connectivity index (χ0) is 8.97. The zero-order valence-electron chi connectivity index (χ0n) is 8.09. The molecule has 0 aliphatic rings. The van der Waals surface area contributed by atoms with Crippen LogP contribution in [-0.4, -0.2) is 0 Å². The standard InChI is InChI=1S/C12H16/c1-4-5-9-12-10(2)7-6-8-11(12)3/h4-8H,9H2,1-3H3/b5-4+. The Labute approximate surface area is 74.9 Å². The lowest BCUT2D eigenvalue weighted by molar-refractivity contribution is 1.16. The summed E-state index contributed by atoms with van der Waals surface area (Å²) in [6.45, 7) is 6.41. The molecule has 0 aromatic heterocycles. The van der Waals surface area contributed by atoms with E-state index in [0.29, 0.717) is 0 Å². The zero-order valence-corrected chi connectivity index (χ0v) is 8.09. The predicted molar refractivity (Wildman–Crippen MR) is 54.4 cm³/mol. The fourth-order valence-electron chi connectivity index (χ4n) is 1.41. The molecule has 0 saturated carbocycles. The smallest absolute Gasteiger partial charge is 0.00923 e. The first-order valence-electron chi connectivity index (χ1n) is 4.42. The maximum absolute atomic E-state index is 2.20. The van der Waals surface area contributed by atoms with Gasteiger partial charge in [0.2, 0.25) is 0 Å². The molecule has 0 aliphatic heterocycles. The molecule has 0 radical (unpaired) electrons. The Kier molecular flexibility index (Phi) is 3.09. The molecule has 0 atom stereocenters. The Balaban J connectivity index is 2.96. The number of aryl methyl sites for hydroxylation is 2. The van der Waals surface area contributed by atoms with Gasteiger partial charge in [0.15, 0.2) is 0 Å². The van der Waals surface area contributed by atoms with Gasteiger partial charge in [-0.3, -0.25) is 0 Å². The fraction of sp³-hybridized carbons (Fsp3) is 0.333. The minimum Gasteiger partial charge on any atom is -0.0913 e.